The Kier molecular flexibility index (Phi) is 4.96. The minimum absolute atomic E-state index is 0.131. The average Bonchev–Trinajstić information content (AvgIpc) is 3.09. The van der Waals surface area contributed by atoms with Gasteiger partial charge in [0.15, 0.2) is 5.78 Å². The lowest BCUT2D eigenvalue weighted by atomic mass is 10.1. The number of nitrogens with zero attached hydrogens (tertiary/aromatic N) is 5. The van der Waals surface area contributed by atoms with Gasteiger partial charge in [-0.25, -0.2) is 9.97 Å². The SMILES string of the molecule is C[C@H]1COCCN1CC(=O)Cc1ncc2ccc(-c3cnn(C)c3)cc2n1. The number of rotatable bonds is 5. The van der Waals surface area contributed by atoms with Crippen LogP contribution in [-0.4, -0.2) is 62.8 Å². The molecule has 140 valence electrons. The maximum Gasteiger partial charge on any atom is 0.154 e. The fourth-order valence-electron chi connectivity index (χ4n) is 3.35. The van der Waals surface area contributed by atoms with Gasteiger partial charge in [-0.15, -0.1) is 0 Å². The van der Waals surface area contributed by atoms with Crippen molar-refractivity contribution in [1.29, 1.82) is 0 Å². The fourth-order valence-corrected chi connectivity index (χ4v) is 3.35. The molecule has 0 radical (unpaired) electrons. The lowest BCUT2D eigenvalue weighted by Crippen LogP contribution is -2.46. The normalized spacial score (nSPS) is 18.1. The summed E-state index contributed by atoms with van der Waals surface area (Å²) in [5.41, 5.74) is 2.93. The molecule has 0 unspecified atom stereocenters. The molecule has 1 aliphatic rings. The Bertz CT molecular complexity index is 968. The van der Waals surface area contributed by atoms with Gasteiger partial charge in [0.25, 0.3) is 0 Å². The Hall–Kier alpha value is -2.64. The summed E-state index contributed by atoms with van der Waals surface area (Å²) in [5.74, 6) is 0.697. The van der Waals surface area contributed by atoms with Crippen LogP contribution in [0.1, 0.15) is 12.7 Å². The van der Waals surface area contributed by atoms with Crippen molar-refractivity contribution in [3.8, 4) is 11.1 Å². The lowest BCUT2D eigenvalue weighted by Gasteiger charge is -2.32. The third kappa shape index (κ3) is 4.04. The van der Waals surface area contributed by atoms with Crippen LogP contribution >= 0.6 is 0 Å². The van der Waals surface area contributed by atoms with Gasteiger partial charge in [-0.3, -0.25) is 14.4 Å². The number of Topliss-reactive ketones (excluding diaryl/α,β-unsaturated/α-hetero) is 1. The quantitative estimate of drug-likeness (QED) is 0.687. The Balaban J connectivity index is 1.51. The van der Waals surface area contributed by atoms with Crippen molar-refractivity contribution >= 4 is 16.7 Å². The molecule has 3 heterocycles. The lowest BCUT2D eigenvalue weighted by molar-refractivity contribution is -0.121. The molecule has 0 spiro atoms. The number of ether oxygens (including phenoxy) is 1. The molecule has 0 aliphatic carbocycles. The van der Waals surface area contributed by atoms with E-state index >= 15 is 0 Å². The summed E-state index contributed by atoms with van der Waals surface area (Å²) in [6.45, 7) is 4.65. The number of hydrogen-bond donors (Lipinski definition) is 0. The van der Waals surface area contributed by atoms with Crippen molar-refractivity contribution in [2.24, 2.45) is 7.05 Å². The smallest absolute Gasteiger partial charge is 0.154 e. The second kappa shape index (κ2) is 7.54. The van der Waals surface area contributed by atoms with Gasteiger partial charge in [-0.05, 0) is 18.6 Å². The molecule has 1 fully saturated rings. The van der Waals surface area contributed by atoms with Crippen molar-refractivity contribution in [1.82, 2.24) is 24.6 Å². The van der Waals surface area contributed by atoms with E-state index in [9.17, 15) is 4.79 Å². The predicted molar refractivity (Wildman–Crippen MR) is 102 cm³/mol. The molecule has 0 amide bonds. The highest BCUT2D eigenvalue weighted by atomic mass is 16.5. The van der Waals surface area contributed by atoms with E-state index in [2.05, 4.69) is 26.9 Å². The van der Waals surface area contributed by atoms with Gasteiger partial charge in [0.05, 0.1) is 37.9 Å². The Morgan fingerprint density at radius 3 is 2.96 bits per heavy atom. The number of ketones is 1. The van der Waals surface area contributed by atoms with Gasteiger partial charge in [-0.2, -0.15) is 5.10 Å². The minimum Gasteiger partial charge on any atom is -0.379 e. The van der Waals surface area contributed by atoms with Crippen molar-refractivity contribution in [3.63, 3.8) is 0 Å². The van der Waals surface area contributed by atoms with Crippen molar-refractivity contribution in [2.75, 3.05) is 26.3 Å². The van der Waals surface area contributed by atoms with Crippen LogP contribution in [0.4, 0.5) is 0 Å². The summed E-state index contributed by atoms with van der Waals surface area (Å²) in [6, 6.07) is 6.32. The highest BCUT2D eigenvalue weighted by Crippen LogP contribution is 2.22. The molecule has 1 aliphatic heterocycles. The van der Waals surface area contributed by atoms with Gasteiger partial charge in [0, 0.05) is 43.0 Å². The number of benzene rings is 1. The molecular formula is C20H23N5O2. The van der Waals surface area contributed by atoms with Crippen molar-refractivity contribution in [3.05, 3.63) is 42.6 Å². The standard InChI is InChI=1S/C20H23N5O2/c1-14-13-27-6-5-25(14)12-18(26)8-20-21-9-16-4-3-15(7-19(16)23-20)17-10-22-24(2)11-17/h3-4,7,9-11,14H,5-6,8,12-13H2,1-2H3/t14-/m0/s1. The molecule has 7 nitrogen and oxygen atoms in total. The monoisotopic (exact) mass is 365 g/mol. The van der Waals surface area contributed by atoms with E-state index < -0.39 is 0 Å². The minimum atomic E-state index is 0.131. The number of hydrogen-bond acceptors (Lipinski definition) is 6. The summed E-state index contributed by atoms with van der Waals surface area (Å²) in [5, 5.41) is 5.18. The maximum atomic E-state index is 12.5. The number of carbonyl (C=O) groups excluding carboxylic acids is 1. The zero-order valence-electron chi connectivity index (χ0n) is 15.6. The largest absolute Gasteiger partial charge is 0.379 e. The summed E-state index contributed by atoms with van der Waals surface area (Å²) in [7, 11) is 1.89. The Morgan fingerprint density at radius 1 is 1.30 bits per heavy atom. The molecule has 1 saturated heterocycles. The van der Waals surface area contributed by atoms with Gasteiger partial charge >= 0.3 is 0 Å². The molecule has 0 saturated carbocycles. The molecular weight excluding hydrogens is 342 g/mol. The van der Waals surface area contributed by atoms with E-state index in [1.807, 2.05) is 37.6 Å². The molecule has 1 atom stereocenters. The first-order chi connectivity index (χ1) is 13.1. The molecule has 7 heteroatoms. The first kappa shape index (κ1) is 17.8. The average molecular weight is 365 g/mol. The first-order valence-electron chi connectivity index (χ1n) is 9.17. The van der Waals surface area contributed by atoms with Crippen molar-refractivity contribution in [2.45, 2.75) is 19.4 Å². The summed E-state index contributed by atoms with van der Waals surface area (Å²) >= 11 is 0. The Morgan fingerprint density at radius 2 is 2.19 bits per heavy atom. The number of aryl methyl sites for hydroxylation is 1. The molecule has 0 N–H and O–H groups in total. The summed E-state index contributed by atoms with van der Waals surface area (Å²) in [4.78, 5) is 23.6. The van der Waals surface area contributed by atoms with Crippen LogP contribution in [0.2, 0.25) is 0 Å². The van der Waals surface area contributed by atoms with Gasteiger partial charge in [0.1, 0.15) is 5.82 Å². The van der Waals surface area contributed by atoms with Gasteiger partial charge in [0.2, 0.25) is 0 Å². The maximum absolute atomic E-state index is 12.5. The zero-order valence-corrected chi connectivity index (χ0v) is 15.6. The van der Waals surface area contributed by atoms with Crippen LogP contribution < -0.4 is 0 Å². The highest BCUT2D eigenvalue weighted by Gasteiger charge is 2.21. The van der Waals surface area contributed by atoms with Crippen LogP contribution in [0.3, 0.4) is 0 Å². The molecule has 0 bridgehead atoms. The number of aromatic nitrogens is 4. The topological polar surface area (TPSA) is 73.1 Å². The van der Waals surface area contributed by atoms with Crippen LogP contribution in [0.25, 0.3) is 22.0 Å². The van der Waals surface area contributed by atoms with Gasteiger partial charge < -0.3 is 4.74 Å². The summed E-state index contributed by atoms with van der Waals surface area (Å²) < 4.78 is 7.20. The number of carbonyl (C=O) groups is 1. The van der Waals surface area contributed by atoms with E-state index in [0.29, 0.717) is 25.6 Å². The fraction of sp³-hybridized carbons (Fsp3) is 0.400. The first-order valence-corrected chi connectivity index (χ1v) is 9.17. The Labute approximate surface area is 158 Å². The summed E-state index contributed by atoms with van der Waals surface area (Å²) in [6.07, 6.45) is 5.83. The molecule has 27 heavy (non-hydrogen) atoms. The molecule has 3 aromatic rings. The molecule has 1 aromatic carbocycles. The second-order valence-corrected chi connectivity index (χ2v) is 7.07. The third-order valence-corrected chi connectivity index (χ3v) is 4.91. The number of fused-ring (bicyclic) bond motifs is 1. The van der Waals surface area contributed by atoms with Crippen LogP contribution in [0.5, 0.6) is 0 Å². The van der Waals surface area contributed by atoms with Crippen molar-refractivity contribution < 1.29 is 9.53 Å². The van der Waals surface area contributed by atoms with Gasteiger partial charge in [-0.1, -0.05) is 12.1 Å². The van der Waals surface area contributed by atoms with E-state index in [-0.39, 0.29) is 18.2 Å². The third-order valence-electron chi connectivity index (χ3n) is 4.91. The highest BCUT2D eigenvalue weighted by molar-refractivity contribution is 5.85. The number of morpholine rings is 1. The van der Waals surface area contributed by atoms with Crippen LogP contribution in [0, 0.1) is 0 Å². The van der Waals surface area contributed by atoms with Crippen LogP contribution in [0.15, 0.2) is 36.8 Å². The molecule has 4 rings (SSSR count). The van der Waals surface area contributed by atoms with E-state index in [1.165, 1.54) is 0 Å². The van der Waals surface area contributed by atoms with E-state index in [0.717, 1.165) is 28.6 Å². The second-order valence-electron chi connectivity index (χ2n) is 7.07. The zero-order chi connectivity index (χ0) is 18.8. The van der Waals surface area contributed by atoms with E-state index in [1.54, 1.807) is 10.9 Å². The van der Waals surface area contributed by atoms with Crippen LogP contribution in [-0.2, 0) is 23.0 Å². The molecule has 2 aromatic heterocycles. The van der Waals surface area contributed by atoms with E-state index in [4.69, 9.17) is 4.74 Å². The predicted octanol–water partition coefficient (Wildman–Crippen LogP) is 1.86.